The molecule has 30 heteroatoms. The Morgan fingerprint density at radius 2 is 1.01 bits per heavy atom. The van der Waals surface area contributed by atoms with E-state index in [0.29, 0.717) is 37.4 Å². The van der Waals surface area contributed by atoms with Crippen molar-refractivity contribution in [1.29, 1.82) is 0 Å². The summed E-state index contributed by atoms with van der Waals surface area (Å²) >= 11 is 11.5. The number of nitro groups is 1. The highest BCUT2D eigenvalue weighted by Gasteiger charge is 2.23. The van der Waals surface area contributed by atoms with Gasteiger partial charge in [0.25, 0.3) is 5.88 Å². The first-order valence-electron chi connectivity index (χ1n) is 20.0. The average Bonchev–Trinajstić information content (AvgIpc) is 4.32. The Balaban J connectivity index is 0.000000171. The van der Waals surface area contributed by atoms with Crippen LogP contribution in [0.15, 0.2) is 175 Å². The van der Waals surface area contributed by atoms with E-state index in [2.05, 4.69) is 107 Å². The van der Waals surface area contributed by atoms with Gasteiger partial charge in [-0.2, -0.15) is 4.63 Å². The van der Waals surface area contributed by atoms with Gasteiger partial charge in [0.1, 0.15) is 10.3 Å². The minimum Gasteiger partial charge on any atom is -0.477 e. The van der Waals surface area contributed by atoms with Gasteiger partial charge in [-0.05, 0) is 67.9 Å². The number of oxime groups is 2. The highest BCUT2D eigenvalue weighted by Crippen LogP contribution is 2.30. The van der Waals surface area contributed by atoms with E-state index in [0.717, 1.165) is 22.8 Å². The Morgan fingerprint density at radius 1 is 0.603 bits per heavy atom. The molecule has 0 saturated heterocycles. The van der Waals surface area contributed by atoms with Gasteiger partial charge in [-0.25, -0.2) is 13.9 Å². The van der Waals surface area contributed by atoms with Gasteiger partial charge >= 0.3 is 17.5 Å². The second-order valence-electron chi connectivity index (χ2n) is 13.0. The van der Waals surface area contributed by atoms with E-state index < -0.39 is 16.6 Å². The maximum atomic E-state index is 9.94. The van der Waals surface area contributed by atoms with Crippen molar-refractivity contribution in [3.8, 4) is 5.88 Å². The van der Waals surface area contributed by atoms with Crippen molar-refractivity contribution in [2.24, 2.45) is 10.3 Å². The van der Waals surface area contributed by atoms with Gasteiger partial charge in [0.2, 0.25) is 10.2 Å². The van der Waals surface area contributed by atoms with Crippen LogP contribution in [0.25, 0.3) is 9.69 Å². The molecule has 372 valence electrons. The molecule has 0 fully saturated rings. The average molecular weight is 1080 g/mol. The van der Waals surface area contributed by atoms with Crippen LogP contribution in [0.5, 0.6) is 5.88 Å². The number of ether oxygens (including phenoxy) is 1. The second-order valence-corrected chi connectivity index (χ2v) is 17.2. The van der Waals surface area contributed by atoms with Gasteiger partial charge < -0.3 is 35.0 Å². The first-order valence-corrected chi connectivity index (χ1v) is 24.4. The summed E-state index contributed by atoms with van der Waals surface area (Å²) in [4.78, 5) is 15.0. The molecule has 9 aromatic rings. The van der Waals surface area contributed by atoms with Crippen LogP contribution < -0.4 is 4.74 Å². The molecule has 2 N–H and O–H groups in total. The molecule has 0 spiro atoms. The van der Waals surface area contributed by atoms with Crippen LogP contribution in [0.2, 0.25) is 0 Å². The number of nitrogens with zero attached hydrogens (tertiary/aromatic N) is 15. The second kappa shape index (κ2) is 31.6. The Hall–Kier alpha value is -8.61. The summed E-state index contributed by atoms with van der Waals surface area (Å²) in [7, 11) is 1.55. The van der Waals surface area contributed by atoms with Crippen LogP contribution in [0.1, 0.15) is 33.6 Å². The molecule has 0 bridgehead atoms. The van der Waals surface area contributed by atoms with Gasteiger partial charge in [-0.15, -0.1) is 11.8 Å². The third-order valence-electron chi connectivity index (χ3n) is 8.18. The predicted molar refractivity (Wildman–Crippen MR) is 265 cm³/mol. The minimum absolute atomic E-state index is 0.137. The highest BCUT2D eigenvalue weighted by molar-refractivity contribution is 7.99. The summed E-state index contributed by atoms with van der Waals surface area (Å²) in [6, 6.07) is 40.0. The molecule has 25 nitrogen and oxygen atoms in total. The number of rotatable bonds is 16. The van der Waals surface area contributed by atoms with Crippen LogP contribution >= 0.6 is 58.6 Å². The molecule has 0 radical (unpaired) electrons. The first kappa shape index (κ1) is 55.3. The van der Waals surface area contributed by atoms with E-state index in [9.17, 15) is 10.1 Å². The molecular formula is C43H34ClN15O10S4. The Morgan fingerprint density at radius 3 is 1.49 bits per heavy atom. The Bertz CT molecular complexity index is 3150. The highest BCUT2D eigenvalue weighted by atomic mass is 35.5. The smallest absolute Gasteiger partial charge is 0.447 e. The third kappa shape index (κ3) is 18.9. The molecule has 0 amide bonds. The van der Waals surface area contributed by atoms with Crippen molar-refractivity contribution in [3.63, 3.8) is 0 Å². The number of aromatic nitrogens is 10. The largest absolute Gasteiger partial charge is 0.477 e. The number of hydrogen-bond acceptors (Lipinski definition) is 26. The first-order chi connectivity index (χ1) is 35.8. The molecule has 0 unspecified atom stereocenters. The van der Waals surface area contributed by atoms with Crippen LogP contribution in [-0.4, -0.2) is 85.4 Å². The predicted octanol–water partition coefficient (Wildman–Crippen LogP) is 10.7. The van der Waals surface area contributed by atoms with E-state index >= 15 is 0 Å². The van der Waals surface area contributed by atoms with Crippen LogP contribution in [-0.2, 0) is 23.0 Å². The number of hydrogen-bond donors (Lipinski definition) is 2. The van der Waals surface area contributed by atoms with Crippen molar-refractivity contribution in [1.82, 2.24) is 51.6 Å². The molecule has 0 atom stereocenters. The molecule has 73 heavy (non-hydrogen) atoms. The lowest BCUT2D eigenvalue weighted by molar-refractivity contribution is -0.389. The van der Waals surface area contributed by atoms with Crippen molar-refractivity contribution < 1.29 is 43.2 Å². The lowest BCUT2D eigenvalue weighted by Gasteiger charge is -1.98. The fourth-order valence-electron chi connectivity index (χ4n) is 4.86. The third-order valence-corrected chi connectivity index (χ3v) is 12.5. The van der Waals surface area contributed by atoms with Gasteiger partial charge in [0.15, 0.2) is 31.6 Å². The van der Waals surface area contributed by atoms with Crippen LogP contribution in [0.3, 0.4) is 0 Å². The fraction of sp³-hybridized carbons (Fsp3) is 0.116. The fourth-order valence-corrected chi connectivity index (χ4v) is 8.33. The Labute approximate surface area is 434 Å². The topological polar surface area (TPSA) is 321 Å². The molecular weight excluding hydrogens is 1050 g/mol. The molecule has 4 aromatic carbocycles. The van der Waals surface area contributed by atoms with E-state index in [1.165, 1.54) is 70.0 Å². The number of thioether (sulfide) groups is 4. The monoisotopic (exact) mass is 1080 g/mol. The van der Waals surface area contributed by atoms with E-state index in [1.54, 1.807) is 7.11 Å². The van der Waals surface area contributed by atoms with Crippen molar-refractivity contribution in [2.75, 3.05) is 7.11 Å². The molecule has 0 aliphatic rings. The summed E-state index contributed by atoms with van der Waals surface area (Å²) in [5.74, 6) is 2.66. The lowest BCUT2D eigenvalue weighted by Crippen LogP contribution is -1.94. The van der Waals surface area contributed by atoms with Crippen molar-refractivity contribution >= 4 is 87.5 Å². The standard InChI is InChI=1S/C10H8ClN3O2S.C10H9N3O2S.C10H7N3OS.C10H10N2O2S.C3N4O3/c11-9(12-15)8-10(14-16-13-8)17-6-7-4-2-1-3-5-7;14-11-6-9-10(13-15-12-9)16-7-8-4-2-1-3-5-8;1-11-9-10(13-14-12-9)15-7-8-5-3-2-4-6-8;1-13-9-10(12-14-11-9)15-7-8-5-3-2-4-6-8;1-4-2-3(7(8)9)6-10-5-2/h1-5,15H,6H2;1-6,14H,7H2;2-6H,7H2;2-6H,7H2,1H3;. The van der Waals surface area contributed by atoms with E-state index in [4.69, 9.17) is 39.9 Å². The molecule has 5 heterocycles. The van der Waals surface area contributed by atoms with Crippen molar-refractivity contribution in [2.45, 2.75) is 43.1 Å². The van der Waals surface area contributed by atoms with Crippen LogP contribution in [0, 0.1) is 23.3 Å². The van der Waals surface area contributed by atoms with Gasteiger partial charge in [0, 0.05) is 23.0 Å². The summed E-state index contributed by atoms with van der Waals surface area (Å²) in [6.45, 7) is 13.2. The lowest BCUT2D eigenvalue weighted by atomic mass is 10.2. The molecule has 9 rings (SSSR count). The number of methoxy groups -OCH3 is 1. The normalized spacial score (nSPS) is 10.4. The minimum atomic E-state index is -0.829. The van der Waals surface area contributed by atoms with Gasteiger partial charge in [0.05, 0.1) is 13.3 Å². The zero-order chi connectivity index (χ0) is 51.9. The van der Waals surface area contributed by atoms with E-state index in [-0.39, 0.29) is 16.7 Å². The van der Waals surface area contributed by atoms with Crippen LogP contribution in [0.4, 0.5) is 17.5 Å². The van der Waals surface area contributed by atoms with Gasteiger partial charge in [-0.3, -0.25) is 0 Å². The zero-order valence-corrected chi connectivity index (χ0v) is 41.4. The summed E-state index contributed by atoms with van der Waals surface area (Å²) < 4.78 is 27.1. The quantitative estimate of drug-likeness (QED) is 0.0227. The maximum absolute atomic E-state index is 9.94. The SMILES string of the molecule is COc1nonc1SCc1ccccc1.ON=C(Cl)c1nonc1SCc1ccccc1.ON=Cc1nonc1SCc1ccccc1.[C-]#[N+]c1nonc1SCc1ccccc1.[C-]#[N+]c1nonc1[N+](=O)[O-]. The molecule has 5 aromatic heterocycles. The zero-order valence-electron chi connectivity index (χ0n) is 37.3. The summed E-state index contributed by atoms with van der Waals surface area (Å²) in [6.07, 6.45) is 1.20. The maximum Gasteiger partial charge on any atom is 0.447 e. The van der Waals surface area contributed by atoms with E-state index in [1.807, 2.05) is 109 Å². The summed E-state index contributed by atoms with van der Waals surface area (Å²) in [5.41, 5.74) is 5.42. The molecule has 0 aliphatic carbocycles. The number of benzene rings is 4. The van der Waals surface area contributed by atoms with Crippen molar-refractivity contribution in [3.05, 3.63) is 188 Å². The summed E-state index contributed by atoms with van der Waals surface area (Å²) in [5, 5.41) is 69.8. The number of halogens is 1. The molecule has 0 aliphatic heterocycles. The molecule has 0 saturated carbocycles. The van der Waals surface area contributed by atoms with Gasteiger partial charge in [-0.1, -0.05) is 192 Å². The Kier molecular flexibility index (Phi) is 23.9.